The molecule has 2 aromatic carbocycles. The first-order valence-electron chi connectivity index (χ1n) is 9.48. The molecule has 2 N–H and O–H groups in total. The van der Waals surface area contributed by atoms with Gasteiger partial charge in [0.2, 0.25) is 7.29 Å². The summed E-state index contributed by atoms with van der Waals surface area (Å²) in [4.78, 5) is 0. The molecule has 2 aliphatic rings. The highest BCUT2D eigenvalue weighted by atomic mass is 31.2. The predicted molar refractivity (Wildman–Crippen MR) is 107 cm³/mol. The lowest BCUT2D eigenvalue weighted by atomic mass is 9.70. The Balaban J connectivity index is 1.77. The summed E-state index contributed by atoms with van der Waals surface area (Å²) in [7, 11) is -3.04. The molecule has 4 rings (SSSR count). The number of hydrogen-bond acceptors (Lipinski definition) is 2. The highest BCUT2D eigenvalue weighted by molar-refractivity contribution is 7.76. The summed E-state index contributed by atoms with van der Waals surface area (Å²) in [5.74, 6) is 0.322. The second-order valence-electron chi connectivity index (χ2n) is 8.66. The normalized spacial score (nSPS) is 32.7. The first-order valence-corrected chi connectivity index (χ1v) is 11.2. The quantitative estimate of drug-likeness (QED) is 0.808. The molecular weight excluding hydrogens is 341 g/mol. The van der Waals surface area contributed by atoms with E-state index < -0.39 is 13.4 Å². The molecular formula is C22H28NO2P. The molecule has 2 aromatic rings. The van der Waals surface area contributed by atoms with E-state index in [1.807, 2.05) is 60.7 Å². The Morgan fingerprint density at radius 3 is 1.88 bits per heavy atom. The SMILES string of the molecule is CC1(C)[C@@H]2CC[C@@]1(C)[C@H](O)[C@@H]2NP(=O)(c1ccccc1)c1ccccc1. The fraction of sp³-hybridized carbons (Fsp3) is 0.455. The van der Waals surface area contributed by atoms with E-state index in [-0.39, 0.29) is 16.9 Å². The van der Waals surface area contributed by atoms with Crippen molar-refractivity contribution in [3.8, 4) is 0 Å². The summed E-state index contributed by atoms with van der Waals surface area (Å²) < 4.78 is 14.3. The molecule has 138 valence electrons. The zero-order chi connectivity index (χ0) is 18.6. The van der Waals surface area contributed by atoms with Gasteiger partial charge in [-0.25, -0.2) is 0 Å². The first kappa shape index (κ1) is 18.0. The van der Waals surface area contributed by atoms with Gasteiger partial charge < -0.3 is 5.11 Å². The van der Waals surface area contributed by atoms with E-state index >= 15 is 0 Å². The molecule has 2 bridgehead atoms. The van der Waals surface area contributed by atoms with Gasteiger partial charge in [0, 0.05) is 22.1 Å². The Kier molecular flexibility index (Phi) is 4.19. The highest BCUT2D eigenvalue weighted by Crippen LogP contribution is 2.66. The van der Waals surface area contributed by atoms with E-state index in [1.165, 1.54) is 0 Å². The van der Waals surface area contributed by atoms with Crippen LogP contribution in [0.1, 0.15) is 33.6 Å². The third-order valence-electron chi connectivity index (χ3n) is 7.37. The van der Waals surface area contributed by atoms with Crippen LogP contribution in [0.25, 0.3) is 0 Å². The Morgan fingerprint density at radius 1 is 0.962 bits per heavy atom. The van der Waals surface area contributed by atoms with Crippen LogP contribution in [0.3, 0.4) is 0 Å². The third kappa shape index (κ3) is 2.37. The molecule has 0 aromatic heterocycles. The van der Waals surface area contributed by atoms with Crippen molar-refractivity contribution in [1.29, 1.82) is 0 Å². The largest absolute Gasteiger partial charge is 0.391 e. The predicted octanol–water partition coefficient (Wildman–Crippen LogP) is 3.69. The van der Waals surface area contributed by atoms with E-state index in [9.17, 15) is 9.67 Å². The summed E-state index contributed by atoms with van der Waals surface area (Å²) in [5, 5.41) is 16.2. The van der Waals surface area contributed by atoms with Crippen LogP contribution in [-0.4, -0.2) is 17.3 Å². The smallest absolute Gasteiger partial charge is 0.204 e. The minimum absolute atomic E-state index is 0.0300. The van der Waals surface area contributed by atoms with E-state index in [0.29, 0.717) is 5.92 Å². The molecule has 2 aliphatic carbocycles. The molecule has 0 amide bonds. The van der Waals surface area contributed by atoms with Gasteiger partial charge in [-0.15, -0.1) is 0 Å². The van der Waals surface area contributed by atoms with Gasteiger partial charge in [-0.2, -0.15) is 0 Å². The topological polar surface area (TPSA) is 49.3 Å². The van der Waals surface area contributed by atoms with E-state index in [1.54, 1.807) is 0 Å². The standard InChI is InChI=1S/C22H28NO2P/c1-21(2)18-14-15-22(21,3)20(24)19(18)23-26(25,16-10-6-4-7-11-16)17-12-8-5-9-13-17/h4-13,18-20,24H,14-15H2,1-3H3,(H,23,25)/t18-,19-,20-,22+/m1/s1. The molecule has 0 heterocycles. The highest BCUT2D eigenvalue weighted by Gasteiger charge is 2.66. The van der Waals surface area contributed by atoms with Crippen molar-refractivity contribution in [3.63, 3.8) is 0 Å². The first-order chi connectivity index (χ1) is 12.3. The zero-order valence-electron chi connectivity index (χ0n) is 15.7. The van der Waals surface area contributed by atoms with E-state index in [2.05, 4.69) is 25.9 Å². The Labute approximate surface area is 156 Å². The molecule has 2 saturated carbocycles. The lowest BCUT2D eigenvalue weighted by Crippen LogP contribution is -2.48. The van der Waals surface area contributed by atoms with Gasteiger partial charge in [-0.05, 0) is 48.4 Å². The van der Waals surface area contributed by atoms with E-state index in [4.69, 9.17) is 0 Å². The van der Waals surface area contributed by atoms with Crippen molar-refractivity contribution < 1.29 is 9.67 Å². The number of aliphatic hydroxyl groups is 1. The number of hydrogen-bond donors (Lipinski definition) is 2. The number of rotatable bonds is 4. The summed E-state index contributed by atoms with van der Waals surface area (Å²) in [6.45, 7) is 6.70. The third-order valence-corrected chi connectivity index (χ3v) is 10.1. The van der Waals surface area contributed by atoms with Crippen LogP contribution in [0.5, 0.6) is 0 Å². The molecule has 0 unspecified atom stereocenters. The van der Waals surface area contributed by atoms with Gasteiger partial charge >= 0.3 is 0 Å². The maximum absolute atomic E-state index is 14.3. The summed E-state index contributed by atoms with van der Waals surface area (Å²) in [6, 6.07) is 19.1. The summed E-state index contributed by atoms with van der Waals surface area (Å²) in [5.41, 5.74) is -0.101. The van der Waals surface area contributed by atoms with E-state index in [0.717, 1.165) is 23.5 Å². The van der Waals surface area contributed by atoms with Crippen LogP contribution in [0, 0.1) is 16.7 Å². The summed E-state index contributed by atoms with van der Waals surface area (Å²) >= 11 is 0. The van der Waals surface area contributed by atoms with Crippen LogP contribution >= 0.6 is 7.29 Å². The van der Waals surface area contributed by atoms with Crippen molar-refractivity contribution in [3.05, 3.63) is 60.7 Å². The van der Waals surface area contributed by atoms with Crippen molar-refractivity contribution in [2.45, 2.75) is 45.8 Å². The second kappa shape index (κ2) is 6.05. The number of nitrogens with one attached hydrogen (secondary N) is 1. The van der Waals surface area contributed by atoms with Crippen LogP contribution in [0.4, 0.5) is 0 Å². The van der Waals surface area contributed by atoms with Crippen LogP contribution in [-0.2, 0) is 4.57 Å². The lowest BCUT2D eigenvalue weighted by molar-refractivity contribution is 0.00349. The van der Waals surface area contributed by atoms with Gasteiger partial charge in [-0.1, -0.05) is 57.2 Å². The molecule has 4 heteroatoms. The average Bonchev–Trinajstić information content (AvgIpc) is 2.97. The monoisotopic (exact) mass is 369 g/mol. The molecule has 0 saturated heterocycles. The number of aliphatic hydroxyl groups excluding tert-OH is 1. The van der Waals surface area contributed by atoms with Crippen LogP contribution < -0.4 is 15.7 Å². The van der Waals surface area contributed by atoms with Crippen LogP contribution in [0.15, 0.2) is 60.7 Å². The Morgan fingerprint density at radius 2 is 1.46 bits per heavy atom. The average molecular weight is 369 g/mol. The molecule has 0 aliphatic heterocycles. The molecule has 4 atom stereocenters. The van der Waals surface area contributed by atoms with Crippen molar-refractivity contribution in [2.24, 2.45) is 16.7 Å². The molecule has 3 nitrogen and oxygen atoms in total. The Bertz CT molecular complexity index is 792. The van der Waals surface area contributed by atoms with Gasteiger partial charge in [0.05, 0.1) is 6.10 Å². The van der Waals surface area contributed by atoms with Gasteiger partial charge in [0.1, 0.15) is 0 Å². The molecule has 2 fully saturated rings. The van der Waals surface area contributed by atoms with Crippen LogP contribution in [0.2, 0.25) is 0 Å². The number of fused-ring (bicyclic) bond motifs is 2. The fourth-order valence-corrected chi connectivity index (χ4v) is 7.80. The van der Waals surface area contributed by atoms with Gasteiger partial charge in [0.25, 0.3) is 0 Å². The van der Waals surface area contributed by atoms with Gasteiger partial charge in [-0.3, -0.25) is 9.65 Å². The second-order valence-corrected chi connectivity index (χ2v) is 11.2. The van der Waals surface area contributed by atoms with Gasteiger partial charge in [0.15, 0.2) is 0 Å². The zero-order valence-corrected chi connectivity index (χ0v) is 16.6. The minimum atomic E-state index is -3.04. The Hall–Kier alpha value is -1.41. The molecule has 0 spiro atoms. The molecule has 26 heavy (non-hydrogen) atoms. The maximum atomic E-state index is 14.3. The van der Waals surface area contributed by atoms with Crippen molar-refractivity contribution in [2.75, 3.05) is 0 Å². The van der Waals surface area contributed by atoms with Crippen molar-refractivity contribution >= 4 is 17.9 Å². The lowest BCUT2D eigenvalue weighted by Gasteiger charge is -2.37. The fourth-order valence-electron chi connectivity index (χ4n) is 5.28. The van der Waals surface area contributed by atoms with Crippen molar-refractivity contribution in [1.82, 2.24) is 5.09 Å². The maximum Gasteiger partial charge on any atom is 0.204 e. The molecule has 0 radical (unpaired) electrons. The summed E-state index contributed by atoms with van der Waals surface area (Å²) in [6.07, 6.45) is 1.62. The number of benzene rings is 2. The minimum Gasteiger partial charge on any atom is -0.391 e.